The molecule has 0 aliphatic rings. The quantitative estimate of drug-likeness (QED) is 0.725. The van der Waals surface area contributed by atoms with Gasteiger partial charge < -0.3 is 14.9 Å². The lowest BCUT2D eigenvalue weighted by Gasteiger charge is -2.08. The zero-order valence-electron chi connectivity index (χ0n) is 12.2. The van der Waals surface area contributed by atoms with Gasteiger partial charge in [0.05, 0.1) is 6.42 Å². The average molecular weight is 310 g/mol. The Morgan fingerprint density at radius 1 is 1.17 bits per heavy atom. The SMILES string of the molecule is NC(=O)Cc1cc(=O)oc2cc(OCc3ccncc3)ccc12. The highest BCUT2D eigenvalue weighted by Crippen LogP contribution is 2.23. The van der Waals surface area contributed by atoms with Gasteiger partial charge in [0.15, 0.2) is 0 Å². The Morgan fingerprint density at radius 3 is 2.70 bits per heavy atom. The third-order valence-corrected chi connectivity index (χ3v) is 3.32. The number of carbonyl (C=O) groups is 1. The molecule has 23 heavy (non-hydrogen) atoms. The number of benzene rings is 1. The van der Waals surface area contributed by atoms with E-state index in [2.05, 4.69) is 4.98 Å². The number of carbonyl (C=O) groups excluding carboxylic acids is 1. The predicted molar refractivity (Wildman–Crippen MR) is 84.0 cm³/mol. The van der Waals surface area contributed by atoms with Crippen LogP contribution in [0.25, 0.3) is 11.0 Å². The summed E-state index contributed by atoms with van der Waals surface area (Å²) in [5, 5.41) is 0.666. The highest BCUT2D eigenvalue weighted by atomic mass is 16.5. The van der Waals surface area contributed by atoms with Crippen LogP contribution in [0.3, 0.4) is 0 Å². The van der Waals surface area contributed by atoms with E-state index in [0.717, 1.165) is 5.56 Å². The van der Waals surface area contributed by atoms with Gasteiger partial charge in [-0.2, -0.15) is 0 Å². The molecule has 1 amide bonds. The van der Waals surface area contributed by atoms with E-state index in [4.69, 9.17) is 14.9 Å². The van der Waals surface area contributed by atoms with Crippen molar-refractivity contribution in [1.29, 1.82) is 0 Å². The number of aromatic nitrogens is 1. The average Bonchev–Trinajstić information content (AvgIpc) is 2.53. The van der Waals surface area contributed by atoms with Crippen molar-refractivity contribution in [2.45, 2.75) is 13.0 Å². The molecule has 2 heterocycles. The number of nitrogens with two attached hydrogens (primary N) is 1. The lowest BCUT2D eigenvalue weighted by Crippen LogP contribution is -2.15. The topological polar surface area (TPSA) is 95.4 Å². The van der Waals surface area contributed by atoms with Crippen LogP contribution in [0.2, 0.25) is 0 Å². The second kappa shape index (κ2) is 6.31. The monoisotopic (exact) mass is 310 g/mol. The van der Waals surface area contributed by atoms with Crippen LogP contribution in [0.4, 0.5) is 0 Å². The fourth-order valence-electron chi connectivity index (χ4n) is 2.28. The summed E-state index contributed by atoms with van der Waals surface area (Å²) < 4.78 is 10.9. The summed E-state index contributed by atoms with van der Waals surface area (Å²) >= 11 is 0. The Hall–Kier alpha value is -3.15. The summed E-state index contributed by atoms with van der Waals surface area (Å²) in [5.74, 6) is 0.0589. The zero-order valence-corrected chi connectivity index (χ0v) is 12.2. The molecule has 0 radical (unpaired) electrons. The Bertz CT molecular complexity index is 903. The number of primary amides is 1. The molecule has 0 saturated carbocycles. The van der Waals surface area contributed by atoms with Gasteiger partial charge in [0, 0.05) is 29.9 Å². The molecule has 0 unspecified atom stereocenters. The standard InChI is InChI=1S/C17H14N2O4/c18-16(20)7-12-8-17(21)23-15-9-13(1-2-14(12)15)22-10-11-3-5-19-6-4-11/h1-6,8-9H,7,10H2,(H2,18,20). The number of hydrogen-bond donors (Lipinski definition) is 1. The Morgan fingerprint density at radius 2 is 1.96 bits per heavy atom. The van der Waals surface area contributed by atoms with Crippen molar-refractivity contribution in [3.05, 3.63) is 70.3 Å². The number of pyridine rings is 1. The molecule has 1 aromatic carbocycles. The predicted octanol–water partition coefficient (Wildman–Crippen LogP) is 1.79. The number of fused-ring (bicyclic) bond motifs is 1. The molecule has 0 saturated heterocycles. The van der Waals surface area contributed by atoms with Gasteiger partial charge in [-0.25, -0.2) is 4.79 Å². The fourth-order valence-corrected chi connectivity index (χ4v) is 2.28. The lowest BCUT2D eigenvalue weighted by atomic mass is 10.1. The molecule has 0 bridgehead atoms. The van der Waals surface area contributed by atoms with Gasteiger partial charge >= 0.3 is 5.63 Å². The summed E-state index contributed by atoms with van der Waals surface area (Å²) in [6.07, 6.45) is 3.36. The highest BCUT2D eigenvalue weighted by Gasteiger charge is 2.09. The van der Waals surface area contributed by atoms with E-state index in [1.165, 1.54) is 6.07 Å². The maximum Gasteiger partial charge on any atom is 0.336 e. The molecule has 2 aromatic heterocycles. The minimum absolute atomic E-state index is 0.0146. The van der Waals surface area contributed by atoms with Gasteiger partial charge in [0.1, 0.15) is 17.9 Å². The molecule has 0 atom stereocenters. The van der Waals surface area contributed by atoms with Crippen molar-refractivity contribution in [1.82, 2.24) is 4.98 Å². The van der Waals surface area contributed by atoms with Crippen LogP contribution in [0.1, 0.15) is 11.1 Å². The molecule has 0 spiro atoms. The largest absolute Gasteiger partial charge is 0.489 e. The van der Waals surface area contributed by atoms with Gasteiger partial charge in [-0.15, -0.1) is 0 Å². The summed E-state index contributed by atoms with van der Waals surface area (Å²) in [7, 11) is 0. The van der Waals surface area contributed by atoms with Gasteiger partial charge in [-0.3, -0.25) is 9.78 Å². The summed E-state index contributed by atoms with van der Waals surface area (Å²) in [5.41, 5.74) is 6.56. The van der Waals surface area contributed by atoms with Crippen molar-refractivity contribution < 1.29 is 13.9 Å². The first-order valence-electron chi connectivity index (χ1n) is 6.98. The first-order valence-corrected chi connectivity index (χ1v) is 6.98. The molecule has 0 aliphatic heterocycles. The van der Waals surface area contributed by atoms with Crippen molar-refractivity contribution >= 4 is 16.9 Å². The summed E-state index contributed by atoms with van der Waals surface area (Å²) in [6.45, 7) is 0.374. The number of hydrogen-bond acceptors (Lipinski definition) is 5. The van der Waals surface area contributed by atoms with E-state index in [1.54, 1.807) is 30.6 Å². The third-order valence-electron chi connectivity index (χ3n) is 3.32. The fraction of sp³-hybridized carbons (Fsp3) is 0.118. The van der Waals surface area contributed by atoms with E-state index in [0.29, 0.717) is 28.9 Å². The maximum atomic E-state index is 11.6. The first kappa shape index (κ1) is 14.8. The minimum Gasteiger partial charge on any atom is -0.489 e. The molecule has 116 valence electrons. The molecule has 3 rings (SSSR count). The van der Waals surface area contributed by atoms with E-state index in [9.17, 15) is 9.59 Å². The van der Waals surface area contributed by atoms with Crippen molar-refractivity contribution in [2.75, 3.05) is 0 Å². The number of rotatable bonds is 5. The molecule has 6 nitrogen and oxygen atoms in total. The Labute approximate surface area is 131 Å². The van der Waals surface area contributed by atoms with Gasteiger partial charge in [0.2, 0.25) is 5.91 Å². The first-order chi connectivity index (χ1) is 11.1. The second-order valence-electron chi connectivity index (χ2n) is 5.04. The highest BCUT2D eigenvalue weighted by molar-refractivity contribution is 5.87. The van der Waals surface area contributed by atoms with E-state index in [1.807, 2.05) is 12.1 Å². The molecule has 0 fully saturated rings. The second-order valence-corrected chi connectivity index (χ2v) is 5.04. The van der Waals surface area contributed by atoms with Gasteiger partial charge in [-0.1, -0.05) is 0 Å². The van der Waals surface area contributed by atoms with Crippen LogP contribution < -0.4 is 16.1 Å². The zero-order chi connectivity index (χ0) is 16.2. The number of ether oxygens (including phenoxy) is 1. The van der Waals surface area contributed by atoms with Crippen LogP contribution in [0, 0.1) is 0 Å². The summed E-state index contributed by atoms with van der Waals surface area (Å²) in [6, 6.07) is 10.1. The van der Waals surface area contributed by atoms with Gasteiger partial charge in [0.25, 0.3) is 0 Å². The molecular weight excluding hydrogens is 296 g/mol. The molecule has 6 heteroatoms. The van der Waals surface area contributed by atoms with Crippen LogP contribution in [-0.2, 0) is 17.8 Å². The summed E-state index contributed by atoms with van der Waals surface area (Å²) in [4.78, 5) is 26.7. The molecule has 0 aliphatic carbocycles. The van der Waals surface area contributed by atoms with E-state index >= 15 is 0 Å². The minimum atomic E-state index is -0.528. The smallest absolute Gasteiger partial charge is 0.336 e. The molecular formula is C17H14N2O4. The van der Waals surface area contributed by atoms with Crippen LogP contribution in [0.5, 0.6) is 5.75 Å². The molecule has 2 N–H and O–H groups in total. The lowest BCUT2D eigenvalue weighted by molar-refractivity contribution is -0.117. The van der Waals surface area contributed by atoms with E-state index < -0.39 is 11.5 Å². The van der Waals surface area contributed by atoms with Gasteiger partial charge in [-0.05, 0) is 35.4 Å². The van der Waals surface area contributed by atoms with Crippen LogP contribution in [-0.4, -0.2) is 10.9 Å². The number of amides is 1. The third kappa shape index (κ3) is 3.55. The van der Waals surface area contributed by atoms with Crippen molar-refractivity contribution in [3.8, 4) is 5.75 Å². The van der Waals surface area contributed by atoms with Crippen LogP contribution in [0.15, 0.2) is 58.0 Å². The van der Waals surface area contributed by atoms with Crippen molar-refractivity contribution in [3.63, 3.8) is 0 Å². The van der Waals surface area contributed by atoms with Crippen molar-refractivity contribution in [2.24, 2.45) is 5.73 Å². The normalized spacial score (nSPS) is 10.6. The molecule has 3 aromatic rings. The van der Waals surface area contributed by atoms with E-state index in [-0.39, 0.29) is 6.42 Å². The maximum absolute atomic E-state index is 11.6. The Balaban J connectivity index is 1.89. The van der Waals surface area contributed by atoms with Crippen LogP contribution >= 0.6 is 0 Å². The Kier molecular flexibility index (Phi) is 4.05. The number of nitrogens with zero attached hydrogens (tertiary/aromatic N) is 1.